The van der Waals surface area contributed by atoms with Crippen molar-refractivity contribution in [2.75, 3.05) is 12.3 Å². The van der Waals surface area contributed by atoms with Gasteiger partial charge in [0.25, 0.3) is 0 Å². The van der Waals surface area contributed by atoms with E-state index in [9.17, 15) is 10.5 Å². The van der Waals surface area contributed by atoms with Gasteiger partial charge in [-0.1, -0.05) is 35.5 Å². The van der Waals surface area contributed by atoms with E-state index in [0.29, 0.717) is 39.9 Å². The van der Waals surface area contributed by atoms with Crippen molar-refractivity contribution in [3.8, 4) is 33.8 Å². The highest BCUT2D eigenvalue weighted by atomic mass is 35.5. The summed E-state index contributed by atoms with van der Waals surface area (Å²) in [6, 6.07) is 11.7. The van der Waals surface area contributed by atoms with Gasteiger partial charge in [0.05, 0.1) is 17.5 Å². The predicted molar refractivity (Wildman–Crippen MR) is 133 cm³/mol. The first kappa shape index (κ1) is 23.7. The molecule has 0 saturated heterocycles. The smallest absolute Gasteiger partial charge is 0.143 e. The van der Waals surface area contributed by atoms with Crippen molar-refractivity contribution in [1.29, 1.82) is 10.5 Å². The molecule has 0 aliphatic heterocycles. The predicted octanol–water partition coefficient (Wildman–Crippen LogP) is 4.72. The van der Waals surface area contributed by atoms with Crippen LogP contribution in [-0.4, -0.2) is 31.5 Å². The molecule has 3 heterocycles. The fourth-order valence-corrected chi connectivity index (χ4v) is 5.22. The number of aryl methyl sites for hydroxylation is 1. The molecule has 0 aliphatic rings. The van der Waals surface area contributed by atoms with Crippen LogP contribution in [0.1, 0.15) is 23.2 Å². The number of rotatable bonds is 8. The molecule has 0 radical (unpaired) electrons. The molecular formula is C23H18ClN7OS2. The number of benzene rings is 1. The van der Waals surface area contributed by atoms with Crippen molar-refractivity contribution in [2.45, 2.75) is 23.7 Å². The largest absolute Gasteiger partial charge is 0.396 e. The summed E-state index contributed by atoms with van der Waals surface area (Å²) >= 11 is 8.83. The quantitative estimate of drug-likeness (QED) is 0.326. The van der Waals surface area contributed by atoms with Crippen LogP contribution in [0.15, 0.2) is 47.1 Å². The number of thiazole rings is 1. The molecule has 3 aromatic heterocycles. The Bertz CT molecular complexity index is 1400. The molecule has 0 bridgehead atoms. The minimum atomic E-state index is 0.0431. The van der Waals surface area contributed by atoms with Crippen molar-refractivity contribution in [1.82, 2.24) is 19.7 Å². The van der Waals surface area contributed by atoms with Gasteiger partial charge in [-0.25, -0.2) is 9.97 Å². The lowest BCUT2D eigenvalue weighted by Crippen LogP contribution is -2.03. The summed E-state index contributed by atoms with van der Waals surface area (Å²) < 4.78 is 1.66. The molecule has 8 nitrogen and oxygen atoms in total. The van der Waals surface area contributed by atoms with Crippen molar-refractivity contribution in [3.63, 3.8) is 0 Å². The number of nitriles is 2. The number of hydrogen-bond donors (Lipinski definition) is 2. The Labute approximate surface area is 209 Å². The van der Waals surface area contributed by atoms with Gasteiger partial charge in [-0.3, -0.25) is 4.68 Å². The number of thioether (sulfide) groups is 1. The van der Waals surface area contributed by atoms with E-state index in [0.717, 1.165) is 16.3 Å². The van der Waals surface area contributed by atoms with Crippen LogP contribution in [0.2, 0.25) is 5.02 Å². The molecule has 0 atom stereocenters. The zero-order valence-corrected chi connectivity index (χ0v) is 20.2. The minimum Gasteiger partial charge on any atom is -0.396 e. The van der Waals surface area contributed by atoms with E-state index in [4.69, 9.17) is 22.4 Å². The summed E-state index contributed by atoms with van der Waals surface area (Å²) in [5.41, 5.74) is 9.34. The lowest BCUT2D eigenvalue weighted by molar-refractivity contribution is 0.277. The monoisotopic (exact) mass is 507 g/mol. The number of aliphatic hydroxyl groups is 1. The number of halogens is 1. The lowest BCUT2D eigenvalue weighted by atomic mass is 9.99. The lowest BCUT2D eigenvalue weighted by Gasteiger charge is -2.11. The first-order valence-corrected chi connectivity index (χ1v) is 12.4. The molecule has 0 spiro atoms. The highest BCUT2D eigenvalue weighted by Crippen LogP contribution is 2.37. The van der Waals surface area contributed by atoms with Gasteiger partial charge in [-0.05, 0) is 18.6 Å². The fourth-order valence-electron chi connectivity index (χ4n) is 3.28. The molecular weight excluding hydrogens is 490 g/mol. The van der Waals surface area contributed by atoms with Crippen LogP contribution in [0, 0.1) is 22.7 Å². The Hall–Kier alpha value is -3.41. The fraction of sp³-hybridized carbons (Fsp3) is 0.174. The third-order valence-corrected chi connectivity index (χ3v) is 7.08. The van der Waals surface area contributed by atoms with Crippen molar-refractivity contribution < 1.29 is 5.11 Å². The van der Waals surface area contributed by atoms with E-state index in [2.05, 4.69) is 27.2 Å². The topological polar surface area (TPSA) is 137 Å². The Kier molecular flexibility index (Phi) is 7.46. The van der Waals surface area contributed by atoms with Gasteiger partial charge in [-0.2, -0.15) is 15.6 Å². The van der Waals surface area contributed by atoms with Crippen LogP contribution in [-0.2, 0) is 12.3 Å². The summed E-state index contributed by atoms with van der Waals surface area (Å²) in [6.45, 7) is 0.559. The standard InChI is InChI=1S/C23H18ClN7OS2/c24-16-4-2-14(3-5-16)22-29-17(12-33-22)13-34-23-19(9-26)20(18(8-25)21(27)30-23)15-10-28-31(11-15)6-1-7-32/h2-5,10-12,32H,1,6-7,13H2,(H2,27,30). The Morgan fingerprint density at radius 3 is 2.59 bits per heavy atom. The number of aliphatic hydroxyl groups excluding tert-OH is 1. The highest BCUT2D eigenvalue weighted by molar-refractivity contribution is 7.98. The Morgan fingerprint density at radius 1 is 1.12 bits per heavy atom. The van der Waals surface area contributed by atoms with Crippen LogP contribution in [0.5, 0.6) is 0 Å². The van der Waals surface area contributed by atoms with Gasteiger partial charge in [0.2, 0.25) is 0 Å². The van der Waals surface area contributed by atoms with Gasteiger partial charge in [0, 0.05) is 52.2 Å². The molecule has 11 heteroatoms. The van der Waals surface area contributed by atoms with Crippen LogP contribution in [0.25, 0.3) is 21.7 Å². The number of anilines is 1. The molecule has 3 N–H and O–H groups in total. The third kappa shape index (κ3) is 5.06. The number of nitrogens with two attached hydrogens (primary N) is 1. The summed E-state index contributed by atoms with van der Waals surface area (Å²) in [5.74, 6) is 0.536. The number of nitrogen functional groups attached to an aromatic ring is 1. The molecule has 170 valence electrons. The maximum Gasteiger partial charge on any atom is 0.143 e. The molecule has 4 aromatic rings. The normalized spacial score (nSPS) is 10.7. The molecule has 34 heavy (non-hydrogen) atoms. The molecule has 0 aliphatic carbocycles. The van der Waals surface area contributed by atoms with Gasteiger partial charge >= 0.3 is 0 Å². The highest BCUT2D eigenvalue weighted by Gasteiger charge is 2.22. The number of hydrogen-bond acceptors (Lipinski definition) is 9. The Morgan fingerprint density at radius 2 is 1.88 bits per heavy atom. The summed E-state index contributed by atoms with van der Waals surface area (Å²) in [5, 5.41) is 36.9. The SMILES string of the molecule is N#Cc1c(N)nc(SCc2csc(-c3ccc(Cl)cc3)n2)c(C#N)c1-c1cnn(CCCO)c1. The van der Waals surface area contributed by atoms with Gasteiger partial charge < -0.3 is 10.8 Å². The first-order chi connectivity index (χ1) is 16.5. The second-order valence-electron chi connectivity index (χ2n) is 7.16. The van der Waals surface area contributed by atoms with Crippen LogP contribution < -0.4 is 5.73 Å². The van der Waals surface area contributed by atoms with Gasteiger partial charge in [0.15, 0.2) is 0 Å². The van der Waals surface area contributed by atoms with E-state index in [-0.39, 0.29) is 23.6 Å². The van der Waals surface area contributed by atoms with E-state index in [1.165, 1.54) is 23.1 Å². The van der Waals surface area contributed by atoms with Crippen LogP contribution in [0.4, 0.5) is 5.82 Å². The zero-order valence-electron chi connectivity index (χ0n) is 17.8. The van der Waals surface area contributed by atoms with E-state index >= 15 is 0 Å². The van der Waals surface area contributed by atoms with E-state index in [1.54, 1.807) is 17.1 Å². The molecule has 0 amide bonds. The van der Waals surface area contributed by atoms with Crippen LogP contribution in [0.3, 0.4) is 0 Å². The van der Waals surface area contributed by atoms with Gasteiger partial charge in [0.1, 0.15) is 33.6 Å². The number of aromatic nitrogens is 4. The summed E-state index contributed by atoms with van der Waals surface area (Å²) in [4.78, 5) is 9.02. The van der Waals surface area contributed by atoms with Crippen molar-refractivity contribution in [3.05, 3.63) is 63.9 Å². The average molecular weight is 508 g/mol. The molecule has 4 rings (SSSR count). The van der Waals surface area contributed by atoms with Crippen molar-refractivity contribution in [2.24, 2.45) is 0 Å². The molecule has 0 fully saturated rings. The third-order valence-electron chi connectivity index (χ3n) is 4.88. The second-order valence-corrected chi connectivity index (χ2v) is 9.42. The second kappa shape index (κ2) is 10.7. The molecule has 1 aromatic carbocycles. The van der Waals surface area contributed by atoms with E-state index < -0.39 is 0 Å². The van der Waals surface area contributed by atoms with Crippen LogP contribution >= 0.6 is 34.7 Å². The molecule has 0 unspecified atom stereocenters. The average Bonchev–Trinajstić information content (AvgIpc) is 3.51. The summed E-state index contributed by atoms with van der Waals surface area (Å²) in [7, 11) is 0. The van der Waals surface area contributed by atoms with Gasteiger partial charge in [-0.15, -0.1) is 11.3 Å². The van der Waals surface area contributed by atoms with E-state index in [1.807, 2.05) is 29.6 Å². The number of pyridine rings is 1. The first-order valence-electron chi connectivity index (χ1n) is 10.1. The maximum absolute atomic E-state index is 9.95. The minimum absolute atomic E-state index is 0.0431. The maximum atomic E-state index is 9.95. The number of nitrogens with zero attached hydrogens (tertiary/aromatic N) is 6. The summed E-state index contributed by atoms with van der Waals surface area (Å²) in [6.07, 6.45) is 3.86. The molecule has 0 saturated carbocycles. The van der Waals surface area contributed by atoms with Crippen molar-refractivity contribution >= 4 is 40.5 Å². The zero-order chi connectivity index (χ0) is 24.1. The Balaban J connectivity index is 1.63.